The molecule has 0 saturated heterocycles. The molecule has 0 aliphatic heterocycles. The van der Waals surface area contributed by atoms with Gasteiger partial charge in [0.05, 0.1) is 18.7 Å². The van der Waals surface area contributed by atoms with Gasteiger partial charge in [-0.05, 0) is 37.1 Å². The molecule has 0 aliphatic rings. The molecule has 0 radical (unpaired) electrons. The monoisotopic (exact) mass is 284 g/mol. The number of ether oxygens (including phenoxy) is 1. The van der Waals surface area contributed by atoms with Gasteiger partial charge in [0.15, 0.2) is 0 Å². The molecule has 1 aromatic rings. The normalized spacial score (nSPS) is 10.6. The molecule has 0 heterocycles. The molecule has 5 heteroatoms. The minimum Gasteiger partial charge on any atom is -0.495 e. The van der Waals surface area contributed by atoms with E-state index < -0.39 is 0 Å². The van der Waals surface area contributed by atoms with Crippen LogP contribution in [0.15, 0.2) is 18.2 Å². The van der Waals surface area contributed by atoms with Gasteiger partial charge < -0.3 is 15.4 Å². The van der Waals surface area contributed by atoms with Gasteiger partial charge in [-0.3, -0.25) is 4.79 Å². The van der Waals surface area contributed by atoms with Gasteiger partial charge >= 0.3 is 0 Å². The molecule has 0 atom stereocenters. The molecule has 0 saturated carbocycles. The molecule has 0 fully saturated rings. The molecule has 4 nitrogen and oxygen atoms in total. The molecule has 2 N–H and O–H groups in total. The number of amides is 1. The second kappa shape index (κ2) is 8.02. The topological polar surface area (TPSA) is 50.4 Å². The first-order valence-corrected chi connectivity index (χ1v) is 6.75. The lowest BCUT2D eigenvalue weighted by Gasteiger charge is -2.09. The zero-order valence-corrected chi connectivity index (χ0v) is 12.4. The minimum absolute atomic E-state index is 0.0787. The van der Waals surface area contributed by atoms with Crippen molar-refractivity contribution in [3.8, 4) is 5.75 Å². The maximum Gasteiger partial charge on any atom is 0.238 e. The zero-order chi connectivity index (χ0) is 14.3. The van der Waals surface area contributed by atoms with Crippen molar-refractivity contribution in [1.29, 1.82) is 0 Å². The summed E-state index contributed by atoms with van der Waals surface area (Å²) in [4.78, 5) is 11.7. The van der Waals surface area contributed by atoms with Crippen LogP contribution in [0.5, 0.6) is 5.75 Å². The number of benzene rings is 1. The molecule has 1 aromatic carbocycles. The summed E-state index contributed by atoms with van der Waals surface area (Å²) in [7, 11) is 1.55. The standard InChI is InChI=1S/C14H21ClN2O2/c1-10(2)6-7-16-9-14(18)17-11-4-5-13(19-3)12(15)8-11/h4-5,8,10,16H,6-7,9H2,1-3H3,(H,17,18). The fourth-order valence-corrected chi connectivity index (χ4v) is 1.80. The average molecular weight is 285 g/mol. The second-order valence-electron chi connectivity index (χ2n) is 4.76. The highest BCUT2D eigenvalue weighted by atomic mass is 35.5. The predicted octanol–water partition coefficient (Wildman–Crippen LogP) is 2.92. The molecule has 0 spiro atoms. The van der Waals surface area contributed by atoms with E-state index in [2.05, 4.69) is 24.5 Å². The molecule has 0 aliphatic carbocycles. The Morgan fingerprint density at radius 1 is 1.42 bits per heavy atom. The average Bonchev–Trinajstić information content (AvgIpc) is 2.35. The van der Waals surface area contributed by atoms with Crippen molar-refractivity contribution in [1.82, 2.24) is 5.32 Å². The van der Waals surface area contributed by atoms with Crippen LogP contribution in [0.3, 0.4) is 0 Å². The molecule has 0 bridgehead atoms. The Bertz CT molecular complexity index is 422. The third-order valence-corrected chi connectivity index (χ3v) is 2.91. The number of carbonyl (C=O) groups is 1. The fraction of sp³-hybridized carbons (Fsp3) is 0.500. The molecule has 0 aromatic heterocycles. The van der Waals surface area contributed by atoms with E-state index in [9.17, 15) is 4.79 Å². The highest BCUT2D eigenvalue weighted by Crippen LogP contribution is 2.26. The predicted molar refractivity (Wildman–Crippen MR) is 79.0 cm³/mol. The number of methoxy groups -OCH3 is 1. The van der Waals surface area contributed by atoms with Crippen LogP contribution < -0.4 is 15.4 Å². The van der Waals surface area contributed by atoms with Crippen molar-refractivity contribution in [2.45, 2.75) is 20.3 Å². The summed E-state index contributed by atoms with van der Waals surface area (Å²) in [5, 5.41) is 6.36. The van der Waals surface area contributed by atoms with E-state index in [0.29, 0.717) is 28.9 Å². The van der Waals surface area contributed by atoms with E-state index in [-0.39, 0.29) is 5.91 Å². The number of carbonyl (C=O) groups excluding carboxylic acids is 1. The quantitative estimate of drug-likeness (QED) is 0.757. The van der Waals surface area contributed by atoms with Crippen LogP contribution in [-0.4, -0.2) is 26.1 Å². The van der Waals surface area contributed by atoms with E-state index in [1.54, 1.807) is 25.3 Å². The summed E-state index contributed by atoms with van der Waals surface area (Å²) in [5.74, 6) is 1.15. The smallest absolute Gasteiger partial charge is 0.238 e. The van der Waals surface area contributed by atoms with Crippen LogP contribution in [0.1, 0.15) is 20.3 Å². The largest absolute Gasteiger partial charge is 0.495 e. The van der Waals surface area contributed by atoms with Gasteiger partial charge in [-0.2, -0.15) is 0 Å². The van der Waals surface area contributed by atoms with Gasteiger partial charge in [-0.25, -0.2) is 0 Å². The van der Waals surface area contributed by atoms with Crippen molar-refractivity contribution in [2.24, 2.45) is 5.92 Å². The highest BCUT2D eigenvalue weighted by Gasteiger charge is 2.05. The molecule has 1 amide bonds. The zero-order valence-electron chi connectivity index (χ0n) is 11.6. The Labute approximate surface area is 119 Å². The lowest BCUT2D eigenvalue weighted by Crippen LogP contribution is -2.29. The Hall–Kier alpha value is -1.26. The molecule has 1 rings (SSSR count). The lowest BCUT2D eigenvalue weighted by molar-refractivity contribution is -0.115. The van der Waals surface area contributed by atoms with Crippen LogP contribution in [-0.2, 0) is 4.79 Å². The summed E-state index contributed by atoms with van der Waals surface area (Å²) in [5.41, 5.74) is 0.668. The van der Waals surface area contributed by atoms with Crippen molar-refractivity contribution in [3.05, 3.63) is 23.2 Å². The van der Waals surface area contributed by atoms with E-state index in [0.717, 1.165) is 13.0 Å². The summed E-state index contributed by atoms with van der Waals surface area (Å²) < 4.78 is 5.05. The summed E-state index contributed by atoms with van der Waals surface area (Å²) >= 11 is 5.98. The molecule has 19 heavy (non-hydrogen) atoms. The minimum atomic E-state index is -0.0787. The number of nitrogens with one attached hydrogen (secondary N) is 2. The van der Waals surface area contributed by atoms with Gasteiger partial charge in [-0.1, -0.05) is 25.4 Å². The molecule has 106 valence electrons. The first kappa shape index (κ1) is 15.8. The highest BCUT2D eigenvalue weighted by molar-refractivity contribution is 6.32. The Kier molecular flexibility index (Phi) is 6.67. The van der Waals surface area contributed by atoms with Crippen LogP contribution in [0, 0.1) is 5.92 Å². The first-order valence-electron chi connectivity index (χ1n) is 6.37. The van der Waals surface area contributed by atoms with Crippen molar-refractivity contribution >= 4 is 23.2 Å². The maximum atomic E-state index is 11.7. The molecular weight excluding hydrogens is 264 g/mol. The Balaban J connectivity index is 2.38. The van der Waals surface area contributed by atoms with Crippen molar-refractivity contribution in [2.75, 3.05) is 25.5 Å². The van der Waals surface area contributed by atoms with Gasteiger partial charge in [0.1, 0.15) is 5.75 Å². The van der Waals surface area contributed by atoms with Crippen molar-refractivity contribution in [3.63, 3.8) is 0 Å². The number of hydrogen-bond acceptors (Lipinski definition) is 3. The van der Waals surface area contributed by atoms with Gasteiger partial charge in [0.25, 0.3) is 0 Å². The third kappa shape index (κ3) is 5.94. The van der Waals surface area contributed by atoms with Gasteiger partial charge in [-0.15, -0.1) is 0 Å². The summed E-state index contributed by atoms with van der Waals surface area (Å²) in [6.07, 6.45) is 1.06. The molecular formula is C14H21ClN2O2. The number of halogens is 1. The van der Waals surface area contributed by atoms with Crippen LogP contribution in [0.4, 0.5) is 5.69 Å². The number of hydrogen-bond donors (Lipinski definition) is 2. The number of anilines is 1. The second-order valence-corrected chi connectivity index (χ2v) is 5.16. The lowest BCUT2D eigenvalue weighted by atomic mass is 10.1. The van der Waals surface area contributed by atoms with E-state index in [1.165, 1.54) is 0 Å². The van der Waals surface area contributed by atoms with E-state index in [1.807, 2.05) is 0 Å². The summed E-state index contributed by atoms with van der Waals surface area (Å²) in [6, 6.07) is 5.16. The van der Waals surface area contributed by atoms with Crippen LogP contribution in [0.25, 0.3) is 0 Å². The Morgan fingerprint density at radius 2 is 2.16 bits per heavy atom. The van der Waals surface area contributed by atoms with E-state index >= 15 is 0 Å². The summed E-state index contributed by atoms with van der Waals surface area (Å²) in [6.45, 7) is 5.45. The molecule has 0 unspecified atom stereocenters. The van der Waals surface area contributed by atoms with Gasteiger partial charge in [0.2, 0.25) is 5.91 Å². The third-order valence-electron chi connectivity index (χ3n) is 2.62. The van der Waals surface area contributed by atoms with Gasteiger partial charge in [0, 0.05) is 5.69 Å². The maximum absolute atomic E-state index is 11.7. The fourth-order valence-electron chi connectivity index (χ4n) is 1.54. The first-order chi connectivity index (χ1) is 9.02. The van der Waals surface area contributed by atoms with Crippen LogP contribution in [0.2, 0.25) is 5.02 Å². The number of rotatable bonds is 7. The Morgan fingerprint density at radius 3 is 2.74 bits per heavy atom. The van der Waals surface area contributed by atoms with Crippen molar-refractivity contribution < 1.29 is 9.53 Å². The van der Waals surface area contributed by atoms with E-state index in [4.69, 9.17) is 16.3 Å². The SMILES string of the molecule is COc1ccc(NC(=O)CNCCC(C)C)cc1Cl. The van der Waals surface area contributed by atoms with Crippen LogP contribution >= 0.6 is 11.6 Å².